The number of nitrogens with one attached hydrogen (secondary N) is 1. The highest BCUT2D eigenvalue weighted by molar-refractivity contribution is 5.81. The number of likely N-dealkylation sites (N-methyl/N-ethyl adjacent to an activating group) is 1. The number of nitrogens with zero attached hydrogens (tertiary/aromatic N) is 1. The van der Waals surface area contributed by atoms with E-state index >= 15 is 0 Å². The number of rotatable bonds is 6. The molecule has 138 valence electrons. The fourth-order valence-corrected chi connectivity index (χ4v) is 3.02. The molecule has 1 atom stereocenters. The van der Waals surface area contributed by atoms with Gasteiger partial charge in [0.2, 0.25) is 12.7 Å². The van der Waals surface area contributed by atoms with Gasteiger partial charge in [0.25, 0.3) is 0 Å². The van der Waals surface area contributed by atoms with Crippen molar-refractivity contribution in [1.29, 1.82) is 0 Å². The molecule has 0 fully saturated rings. The third kappa shape index (κ3) is 4.17. The predicted octanol–water partition coefficient (Wildman–Crippen LogP) is 3.17. The molecule has 0 aromatic heterocycles. The van der Waals surface area contributed by atoms with Crippen LogP contribution in [0.2, 0.25) is 0 Å². The minimum atomic E-state index is -0.218. The Balaban J connectivity index is 1.55. The molecule has 0 aliphatic carbocycles. The van der Waals surface area contributed by atoms with Crippen LogP contribution < -0.4 is 14.8 Å². The van der Waals surface area contributed by atoms with Crippen molar-refractivity contribution in [2.75, 3.05) is 13.8 Å². The summed E-state index contributed by atoms with van der Waals surface area (Å²) in [4.78, 5) is 14.6. The molecule has 26 heavy (non-hydrogen) atoms. The van der Waals surface area contributed by atoms with Gasteiger partial charge in [-0.3, -0.25) is 9.69 Å². The van der Waals surface area contributed by atoms with E-state index in [1.165, 1.54) is 16.7 Å². The number of benzene rings is 2. The molecule has 0 saturated heterocycles. The van der Waals surface area contributed by atoms with Crippen LogP contribution in [0.4, 0.5) is 0 Å². The minimum Gasteiger partial charge on any atom is -0.454 e. The number of carbonyl (C=O) groups excluding carboxylic acids is 1. The standard InChI is InChI=1S/C21H26N2O3/c1-14-5-7-18(15(2)9-14)12-23(4)16(3)21(24)22-11-17-6-8-19-20(10-17)26-13-25-19/h5-10,16H,11-13H2,1-4H3,(H,22,24). The van der Waals surface area contributed by atoms with E-state index in [2.05, 4.69) is 42.3 Å². The molecular weight excluding hydrogens is 328 g/mol. The molecule has 0 saturated carbocycles. The lowest BCUT2D eigenvalue weighted by Crippen LogP contribution is -2.42. The monoisotopic (exact) mass is 354 g/mol. The van der Waals surface area contributed by atoms with E-state index in [4.69, 9.17) is 9.47 Å². The molecule has 0 bridgehead atoms. The Morgan fingerprint density at radius 1 is 1.15 bits per heavy atom. The van der Waals surface area contributed by atoms with Crippen molar-refractivity contribution in [3.63, 3.8) is 0 Å². The minimum absolute atomic E-state index is 0.00920. The topological polar surface area (TPSA) is 50.8 Å². The predicted molar refractivity (Wildman–Crippen MR) is 101 cm³/mol. The second-order valence-electron chi connectivity index (χ2n) is 6.93. The molecule has 1 heterocycles. The van der Waals surface area contributed by atoms with Gasteiger partial charge in [0.1, 0.15) is 0 Å². The average Bonchev–Trinajstić information content (AvgIpc) is 3.09. The van der Waals surface area contributed by atoms with E-state index in [1.54, 1.807) is 0 Å². The van der Waals surface area contributed by atoms with Crippen molar-refractivity contribution in [2.24, 2.45) is 0 Å². The molecule has 0 spiro atoms. The van der Waals surface area contributed by atoms with Crippen molar-refractivity contribution in [1.82, 2.24) is 10.2 Å². The maximum absolute atomic E-state index is 12.5. The van der Waals surface area contributed by atoms with Crippen LogP contribution in [0.3, 0.4) is 0 Å². The summed E-state index contributed by atoms with van der Waals surface area (Å²) in [5, 5.41) is 3.00. The summed E-state index contributed by atoms with van der Waals surface area (Å²) < 4.78 is 10.7. The Bertz CT molecular complexity index is 804. The number of ether oxygens (including phenoxy) is 2. The van der Waals surface area contributed by atoms with Crippen LogP contribution in [0.15, 0.2) is 36.4 Å². The van der Waals surface area contributed by atoms with Gasteiger partial charge in [-0.05, 0) is 56.6 Å². The summed E-state index contributed by atoms with van der Waals surface area (Å²) in [6, 6.07) is 11.9. The molecular formula is C21H26N2O3. The summed E-state index contributed by atoms with van der Waals surface area (Å²) in [7, 11) is 1.98. The van der Waals surface area contributed by atoms with E-state index in [0.29, 0.717) is 6.54 Å². The Kier molecular flexibility index (Phi) is 5.47. The molecule has 1 N–H and O–H groups in total. The summed E-state index contributed by atoms with van der Waals surface area (Å²) in [6.07, 6.45) is 0. The lowest BCUT2D eigenvalue weighted by Gasteiger charge is -2.25. The molecule has 0 radical (unpaired) electrons. The molecule has 5 nitrogen and oxygen atoms in total. The normalized spacial score (nSPS) is 13.7. The SMILES string of the molecule is Cc1ccc(CN(C)C(C)C(=O)NCc2ccc3c(c2)OCO3)c(C)c1. The van der Waals surface area contributed by atoms with E-state index in [1.807, 2.05) is 32.2 Å². The van der Waals surface area contributed by atoms with E-state index in [-0.39, 0.29) is 18.7 Å². The van der Waals surface area contributed by atoms with Crippen LogP contribution in [0, 0.1) is 13.8 Å². The van der Waals surface area contributed by atoms with E-state index < -0.39 is 0 Å². The van der Waals surface area contributed by atoms with Gasteiger partial charge in [-0.1, -0.05) is 29.8 Å². The Hall–Kier alpha value is -2.53. The van der Waals surface area contributed by atoms with Gasteiger partial charge in [-0.25, -0.2) is 0 Å². The molecule has 5 heteroatoms. The van der Waals surface area contributed by atoms with Gasteiger partial charge < -0.3 is 14.8 Å². The first kappa shape index (κ1) is 18.3. The van der Waals surface area contributed by atoms with Crippen LogP contribution in [-0.2, 0) is 17.9 Å². The molecule has 2 aromatic rings. The summed E-state index contributed by atoms with van der Waals surface area (Å²) in [5.74, 6) is 1.49. The Morgan fingerprint density at radius 2 is 1.92 bits per heavy atom. The van der Waals surface area contributed by atoms with Gasteiger partial charge in [0.15, 0.2) is 11.5 Å². The zero-order valence-electron chi connectivity index (χ0n) is 15.8. The highest BCUT2D eigenvalue weighted by Crippen LogP contribution is 2.32. The summed E-state index contributed by atoms with van der Waals surface area (Å²) in [5.41, 5.74) is 4.74. The number of carbonyl (C=O) groups is 1. The number of hydrogen-bond donors (Lipinski definition) is 1. The van der Waals surface area contributed by atoms with E-state index in [0.717, 1.165) is 23.6 Å². The molecule has 1 aliphatic heterocycles. The van der Waals surface area contributed by atoms with Gasteiger partial charge in [0, 0.05) is 13.1 Å². The fourth-order valence-electron chi connectivity index (χ4n) is 3.02. The van der Waals surface area contributed by atoms with Crippen LogP contribution in [0.25, 0.3) is 0 Å². The first-order valence-corrected chi connectivity index (χ1v) is 8.86. The van der Waals surface area contributed by atoms with E-state index in [9.17, 15) is 4.79 Å². The smallest absolute Gasteiger partial charge is 0.237 e. The number of fused-ring (bicyclic) bond motifs is 1. The van der Waals surface area contributed by atoms with Crippen LogP contribution in [0.5, 0.6) is 11.5 Å². The van der Waals surface area contributed by atoms with Crippen LogP contribution in [0.1, 0.15) is 29.2 Å². The van der Waals surface area contributed by atoms with Crippen molar-refractivity contribution in [3.05, 3.63) is 58.7 Å². The average molecular weight is 354 g/mol. The first-order valence-electron chi connectivity index (χ1n) is 8.86. The lowest BCUT2D eigenvalue weighted by molar-refractivity contribution is -0.125. The number of aryl methyl sites for hydroxylation is 2. The van der Waals surface area contributed by atoms with Gasteiger partial charge in [0.05, 0.1) is 6.04 Å². The second-order valence-corrected chi connectivity index (χ2v) is 6.93. The highest BCUT2D eigenvalue weighted by atomic mass is 16.7. The highest BCUT2D eigenvalue weighted by Gasteiger charge is 2.19. The molecule has 2 aromatic carbocycles. The molecule has 1 amide bonds. The summed E-state index contributed by atoms with van der Waals surface area (Å²) in [6.45, 7) is 7.60. The van der Waals surface area contributed by atoms with Crippen molar-refractivity contribution >= 4 is 5.91 Å². The van der Waals surface area contributed by atoms with Crippen molar-refractivity contribution < 1.29 is 14.3 Å². The number of amides is 1. The van der Waals surface area contributed by atoms with Crippen LogP contribution in [-0.4, -0.2) is 30.7 Å². The Labute approximate surface area is 154 Å². The Morgan fingerprint density at radius 3 is 2.69 bits per heavy atom. The lowest BCUT2D eigenvalue weighted by atomic mass is 10.0. The zero-order valence-corrected chi connectivity index (χ0v) is 15.8. The molecule has 1 aliphatic rings. The fraction of sp³-hybridized carbons (Fsp3) is 0.381. The van der Waals surface area contributed by atoms with Gasteiger partial charge in [-0.2, -0.15) is 0 Å². The summed E-state index contributed by atoms with van der Waals surface area (Å²) >= 11 is 0. The number of hydrogen-bond acceptors (Lipinski definition) is 4. The molecule has 3 rings (SSSR count). The molecule has 1 unspecified atom stereocenters. The second kappa shape index (κ2) is 7.79. The largest absolute Gasteiger partial charge is 0.454 e. The van der Waals surface area contributed by atoms with Gasteiger partial charge >= 0.3 is 0 Å². The van der Waals surface area contributed by atoms with Crippen LogP contribution >= 0.6 is 0 Å². The first-order chi connectivity index (χ1) is 12.4. The zero-order chi connectivity index (χ0) is 18.7. The maximum Gasteiger partial charge on any atom is 0.237 e. The maximum atomic E-state index is 12.5. The third-order valence-corrected chi connectivity index (χ3v) is 4.86. The van der Waals surface area contributed by atoms with Crippen molar-refractivity contribution in [2.45, 2.75) is 39.9 Å². The third-order valence-electron chi connectivity index (χ3n) is 4.86. The van der Waals surface area contributed by atoms with Gasteiger partial charge in [-0.15, -0.1) is 0 Å². The van der Waals surface area contributed by atoms with Crippen molar-refractivity contribution in [3.8, 4) is 11.5 Å². The quantitative estimate of drug-likeness (QED) is 0.866.